The Labute approximate surface area is 281 Å². The minimum Gasteiger partial charge on any atom is -0.354 e. The van der Waals surface area contributed by atoms with Gasteiger partial charge in [-0.05, 0) is 64.9 Å². The number of rotatable bonds is 14. The number of carbonyl (C=O) groups is 2. The fourth-order valence-corrected chi connectivity index (χ4v) is 6.96. The van der Waals surface area contributed by atoms with Crippen molar-refractivity contribution in [3.63, 3.8) is 0 Å². The highest BCUT2D eigenvalue weighted by Gasteiger charge is 2.34. The first kappa shape index (κ1) is 34.9. The zero-order valence-electron chi connectivity index (χ0n) is 26.8. The van der Waals surface area contributed by atoms with Gasteiger partial charge in [-0.15, -0.1) is 0 Å². The first-order valence-corrected chi connectivity index (χ1v) is 17.7. The highest BCUT2D eigenvalue weighted by Crippen LogP contribution is 2.27. The molecule has 0 unspecified atom stereocenters. The predicted octanol–water partition coefficient (Wildman–Crippen LogP) is 7.18. The van der Waals surface area contributed by atoms with Gasteiger partial charge in [-0.3, -0.25) is 13.9 Å². The molecule has 0 bridgehead atoms. The quantitative estimate of drug-likeness (QED) is 0.151. The summed E-state index contributed by atoms with van der Waals surface area (Å²) in [5.41, 5.74) is 3.11. The van der Waals surface area contributed by atoms with Crippen LogP contribution in [0.4, 0.5) is 5.69 Å². The van der Waals surface area contributed by atoms with E-state index in [0.29, 0.717) is 12.2 Å². The second-order valence-electron chi connectivity index (χ2n) is 12.1. The summed E-state index contributed by atoms with van der Waals surface area (Å²) in [6, 6.07) is 31.5. The van der Waals surface area contributed by atoms with Crippen molar-refractivity contribution in [2.75, 3.05) is 17.4 Å². The maximum absolute atomic E-state index is 14.6. The molecule has 2 amide bonds. The molecule has 7 nitrogen and oxygen atoms in total. The van der Waals surface area contributed by atoms with E-state index in [1.165, 1.54) is 17.0 Å². The molecular weight excluding hydrogens is 662 g/mol. The zero-order valence-corrected chi connectivity index (χ0v) is 29.2. The summed E-state index contributed by atoms with van der Waals surface area (Å²) in [6.07, 6.45) is 0.263. The molecule has 0 heterocycles. The van der Waals surface area contributed by atoms with Gasteiger partial charge in [0.05, 0.1) is 10.6 Å². The summed E-state index contributed by atoms with van der Waals surface area (Å²) in [5, 5.41) is 3.02. The van der Waals surface area contributed by atoms with E-state index in [9.17, 15) is 18.0 Å². The molecule has 0 aliphatic rings. The second kappa shape index (κ2) is 16.1. The van der Waals surface area contributed by atoms with Gasteiger partial charge >= 0.3 is 0 Å². The van der Waals surface area contributed by atoms with Gasteiger partial charge in [0, 0.05) is 24.0 Å². The molecule has 4 rings (SSSR count). The molecule has 242 valence electrons. The SMILES string of the molecule is CC(C)CNC(=O)[C@H](Cc1ccccc1)N(Cc1cccc(Br)c1)C(=O)CN(c1ccc(C(C)C)cc1)S(=O)(=O)c1ccccc1. The van der Waals surface area contributed by atoms with Crippen molar-refractivity contribution >= 4 is 43.5 Å². The number of nitrogens with one attached hydrogen (secondary N) is 1. The molecule has 0 aliphatic carbocycles. The van der Waals surface area contributed by atoms with Crippen molar-refractivity contribution in [3.05, 3.63) is 130 Å². The van der Waals surface area contributed by atoms with Crippen LogP contribution >= 0.6 is 15.9 Å². The van der Waals surface area contributed by atoms with E-state index in [0.717, 1.165) is 25.5 Å². The third-order valence-corrected chi connectivity index (χ3v) is 9.94. The first-order chi connectivity index (χ1) is 22.0. The Morgan fingerprint density at radius 3 is 1.98 bits per heavy atom. The van der Waals surface area contributed by atoms with E-state index in [1.54, 1.807) is 30.3 Å². The van der Waals surface area contributed by atoms with Gasteiger partial charge in [0.1, 0.15) is 12.6 Å². The summed E-state index contributed by atoms with van der Waals surface area (Å²) < 4.78 is 30.3. The lowest BCUT2D eigenvalue weighted by Gasteiger charge is -2.34. The first-order valence-electron chi connectivity index (χ1n) is 15.5. The largest absolute Gasteiger partial charge is 0.354 e. The highest BCUT2D eigenvalue weighted by molar-refractivity contribution is 9.10. The van der Waals surface area contributed by atoms with E-state index in [4.69, 9.17) is 0 Å². The summed E-state index contributed by atoms with van der Waals surface area (Å²) in [4.78, 5) is 30.0. The van der Waals surface area contributed by atoms with E-state index < -0.39 is 28.5 Å². The van der Waals surface area contributed by atoms with Crippen LogP contribution in [0.5, 0.6) is 0 Å². The minimum absolute atomic E-state index is 0.0739. The highest BCUT2D eigenvalue weighted by atomic mass is 79.9. The summed E-state index contributed by atoms with van der Waals surface area (Å²) in [6.45, 7) is 8.20. The van der Waals surface area contributed by atoms with Gasteiger partial charge < -0.3 is 10.2 Å². The standard InChI is InChI=1S/C37H42BrN3O4S/c1-27(2)24-39-37(43)35(23-29-12-7-5-8-13-29)40(25-30-14-11-15-32(38)22-30)36(42)26-41(33-20-18-31(19-21-33)28(3)4)46(44,45)34-16-9-6-10-17-34/h5-22,27-28,35H,23-26H2,1-4H3,(H,39,43)/t35-/m0/s1. The Kier molecular flexibility index (Phi) is 12.2. The van der Waals surface area contributed by atoms with Gasteiger partial charge in [0.25, 0.3) is 10.0 Å². The molecule has 0 saturated heterocycles. The van der Waals surface area contributed by atoms with E-state index in [1.807, 2.05) is 80.6 Å². The number of carbonyl (C=O) groups excluding carboxylic acids is 2. The van der Waals surface area contributed by atoms with Crippen LogP contribution in [0.3, 0.4) is 0 Å². The summed E-state index contributed by atoms with van der Waals surface area (Å²) in [7, 11) is -4.14. The predicted molar refractivity (Wildman–Crippen MR) is 188 cm³/mol. The van der Waals surface area contributed by atoms with E-state index >= 15 is 0 Å². The molecule has 4 aromatic carbocycles. The average molecular weight is 705 g/mol. The minimum atomic E-state index is -4.14. The molecule has 0 radical (unpaired) electrons. The fraction of sp³-hybridized carbons (Fsp3) is 0.297. The van der Waals surface area contributed by atoms with Crippen LogP contribution in [0.2, 0.25) is 0 Å². The van der Waals surface area contributed by atoms with Crippen LogP contribution in [0, 0.1) is 5.92 Å². The number of sulfonamides is 1. The van der Waals surface area contributed by atoms with Gasteiger partial charge in [0.2, 0.25) is 11.8 Å². The van der Waals surface area contributed by atoms with E-state index in [2.05, 4.69) is 35.1 Å². The van der Waals surface area contributed by atoms with Gasteiger partial charge in [-0.25, -0.2) is 8.42 Å². The summed E-state index contributed by atoms with van der Waals surface area (Å²) in [5.74, 6) is -0.331. The van der Waals surface area contributed by atoms with Crippen LogP contribution in [0.25, 0.3) is 0 Å². The van der Waals surface area contributed by atoms with Crippen LogP contribution in [0.1, 0.15) is 50.3 Å². The summed E-state index contributed by atoms with van der Waals surface area (Å²) >= 11 is 3.52. The topological polar surface area (TPSA) is 86.8 Å². The maximum atomic E-state index is 14.6. The zero-order chi connectivity index (χ0) is 33.3. The second-order valence-corrected chi connectivity index (χ2v) is 14.8. The van der Waals surface area contributed by atoms with Crippen molar-refractivity contribution in [2.45, 2.75) is 57.5 Å². The lowest BCUT2D eigenvalue weighted by atomic mass is 10.0. The number of amides is 2. The smallest absolute Gasteiger partial charge is 0.264 e. The molecule has 0 spiro atoms. The molecule has 0 aromatic heterocycles. The molecule has 0 saturated carbocycles. The van der Waals surface area contributed by atoms with Crippen molar-refractivity contribution in [2.24, 2.45) is 5.92 Å². The Morgan fingerprint density at radius 2 is 1.39 bits per heavy atom. The molecule has 46 heavy (non-hydrogen) atoms. The van der Waals surface area contributed by atoms with Gasteiger partial charge in [-0.1, -0.05) is 116 Å². The van der Waals surface area contributed by atoms with Crippen molar-refractivity contribution in [1.29, 1.82) is 0 Å². The van der Waals surface area contributed by atoms with Crippen LogP contribution in [-0.2, 0) is 32.6 Å². The molecular formula is C37H42BrN3O4S. The Morgan fingerprint density at radius 1 is 0.783 bits per heavy atom. The number of benzene rings is 4. The average Bonchev–Trinajstić information content (AvgIpc) is 3.05. The number of nitrogens with zero attached hydrogens (tertiary/aromatic N) is 2. The van der Waals surface area contributed by atoms with Crippen LogP contribution in [0.15, 0.2) is 119 Å². The Balaban J connectivity index is 1.80. The molecule has 0 aliphatic heterocycles. The Bertz CT molecular complexity index is 1700. The van der Waals surface area contributed by atoms with Gasteiger partial charge in [0.15, 0.2) is 0 Å². The number of hydrogen-bond donors (Lipinski definition) is 1. The van der Waals surface area contributed by atoms with Crippen molar-refractivity contribution in [1.82, 2.24) is 10.2 Å². The number of hydrogen-bond acceptors (Lipinski definition) is 4. The molecule has 9 heteroatoms. The molecule has 0 fully saturated rings. The van der Waals surface area contributed by atoms with Gasteiger partial charge in [-0.2, -0.15) is 0 Å². The monoisotopic (exact) mass is 703 g/mol. The lowest BCUT2D eigenvalue weighted by molar-refractivity contribution is -0.140. The third kappa shape index (κ3) is 9.30. The molecule has 1 atom stereocenters. The van der Waals surface area contributed by atoms with Crippen molar-refractivity contribution in [3.8, 4) is 0 Å². The third-order valence-electron chi connectivity index (χ3n) is 7.66. The normalized spacial score (nSPS) is 12.2. The molecule has 1 N–H and O–H groups in total. The van der Waals surface area contributed by atoms with Crippen molar-refractivity contribution < 1.29 is 18.0 Å². The Hall–Kier alpha value is -3.95. The fourth-order valence-electron chi connectivity index (χ4n) is 5.08. The number of halogens is 1. The maximum Gasteiger partial charge on any atom is 0.264 e. The van der Waals surface area contributed by atoms with Crippen LogP contribution < -0.4 is 9.62 Å². The van der Waals surface area contributed by atoms with E-state index in [-0.39, 0.29) is 35.6 Å². The molecule has 4 aromatic rings. The number of anilines is 1. The lowest BCUT2D eigenvalue weighted by Crippen LogP contribution is -2.53. The van der Waals surface area contributed by atoms with Crippen LogP contribution in [-0.4, -0.2) is 44.3 Å².